The molecule has 0 fully saturated rings. The Morgan fingerprint density at radius 2 is 1.94 bits per heavy atom. The number of unbranched alkanes of at least 4 members (excludes halogenated alkanes) is 1. The van der Waals surface area contributed by atoms with Gasteiger partial charge in [0, 0.05) is 18.3 Å². The second-order valence-corrected chi connectivity index (χ2v) is 7.48. The molecule has 0 aliphatic rings. The Morgan fingerprint density at radius 1 is 1.10 bits per heavy atom. The van der Waals surface area contributed by atoms with Gasteiger partial charge < -0.3 is 10.6 Å². The van der Waals surface area contributed by atoms with Gasteiger partial charge in [0.2, 0.25) is 11.9 Å². The maximum atomic E-state index is 12.0. The molecular formula is C24H26N6O. The second-order valence-electron chi connectivity index (χ2n) is 7.48. The van der Waals surface area contributed by atoms with E-state index >= 15 is 0 Å². The van der Waals surface area contributed by atoms with E-state index in [0.29, 0.717) is 12.4 Å². The molecule has 2 heterocycles. The van der Waals surface area contributed by atoms with Gasteiger partial charge in [-0.05, 0) is 43.2 Å². The molecule has 2 aromatic carbocycles. The molecule has 0 saturated heterocycles. The van der Waals surface area contributed by atoms with Gasteiger partial charge in [-0.15, -0.1) is 0 Å². The van der Waals surface area contributed by atoms with Crippen molar-refractivity contribution in [3.8, 4) is 5.82 Å². The van der Waals surface area contributed by atoms with Crippen molar-refractivity contribution in [2.75, 3.05) is 10.6 Å². The lowest BCUT2D eigenvalue weighted by molar-refractivity contribution is -0.116. The van der Waals surface area contributed by atoms with Crippen molar-refractivity contribution >= 4 is 28.6 Å². The first-order chi connectivity index (χ1) is 15.1. The maximum absolute atomic E-state index is 12.0. The predicted molar refractivity (Wildman–Crippen MR) is 123 cm³/mol. The fraction of sp³-hybridized carbons (Fsp3) is 0.250. The first kappa shape index (κ1) is 20.5. The number of benzene rings is 2. The van der Waals surface area contributed by atoms with Crippen LogP contribution in [-0.4, -0.2) is 25.4 Å². The summed E-state index contributed by atoms with van der Waals surface area (Å²) < 4.78 is 1.91. The molecule has 2 aromatic heterocycles. The van der Waals surface area contributed by atoms with Crippen LogP contribution in [0, 0.1) is 0 Å². The first-order valence-electron chi connectivity index (χ1n) is 10.6. The molecule has 0 aliphatic heterocycles. The molecule has 0 unspecified atom stereocenters. The topological polar surface area (TPSA) is 84.7 Å². The second kappa shape index (κ2) is 9.38. The van der Waals surface area contributed by atoms with E-state index in [0.717, 1.165) is 40.9 Å². The predicted octanol–water partition coefficient (Wildman–Crippen LogP) is 5.12. The largest absolute Gasteiger partial charge is 0.348 e. The summed E-state index contributed by atoms with van der Waals surface area (Å²) in [7, 11) is 0. The molecule has 2 N–H and O–H groups in total. The van der Waals surface area contributed by atoms with Crippen molar-refractivity contribution in [1.29, 1.82) is 0 Å². The lowest BCUT2D eigenvalue weighted by atomic mass is 10.1. The molecule has 4 aromatic rings. The third-order valence-corrected chi connectivity index (χ3v) is 5.12. The average Bonchev–Trinajstić information content (AvgIpc) is 3.22. The van der Waals surface area contributed by atoms with Crippen LogP contribution in [0.1, 0.15) is 44.7 Å². The molecule has 7 nitrogen and oxygen atoms in total. The minimum absolute atomic E-state index is 0.0275. The Morgan fingerprint density at radius 3 is 2.74 bits per heavy atom. The van der Waals surface area contributed by atoms with Crippen LogP contribution in [0.4, 0.5) is 11.6 Å². The van der Waals surface area contributed by atoms with Crippen molar-refractivity contribution in [2.24, 2.45) is 0 Å². The molecule has 0 bridgehead atoms. The summed E-state index contributed by atoms with van der Waals surface area (Å²) in [5.41, 5.74) is 3.62. The Kier molecular flexibility index (Phi) is 6.21. The normalized spacial score (nSPS) is 11.9. The highest BCUT2D eigenvalue weighted by molar-refractivity contribution is 5.93. The molecule has 1 amide bonds. The van der Waals surface area contributed by atoms with Gasteiger partial charge in [0.25, 0.3) is 0 Å². The van der Waals surface area contributed by atoms with E-state index in [1.165, 1.54) is 0 Å². The van der Waals surface area contributed by atoms with E-state index < -0.39 is 0 Å². The van der Waals surface area contributed by atoms with Crippen LogP contribution >= 0.6 is 0 Å². The number of carbonyl (C=O) groups excluding carboxylic acids is 1. The molecule has 0 saturated carbocycles. The number of nitrogens with one attached hydrogen (secondary N) is 2. The summed E-state index contributed by atoms with van der Waals surface area (Å²) in [5.74, 6) is 1.30. The standard InChI is InChI=1S/C24H26N6O/c1-3-4-10-23(31)28-19-11-12-21-20(15-19)26-16-30(21)22-13-14-25-24(29-22)27-17(2)18-8-6-5-7-9-18/h5-9,11-17H,3-4,10H2,1-2H3,(H,28,31)(H,25,27,29)/t17-/m0/s1. The molecule has 1 atom stereocenters. The Labute approximate surface area is 181 Å². The molecule has 4 rings (SSSR count). The number of amides is 1. The number of aromatic nitrogens is 4. The summed E-state index contributed by atoms with van der Waals surface area (Å²) in [5, 5.41) is 6.29. The van der Waals surface area contributed by atoms with Crippen molar-refractivity contribution < 1.29 is 4.79 Å². The molecule has 158 valence electrons. The minimum Gasteiger partial charge on any atom is -0.348 e. The van der Waals surface area contributed by atoms with Crippen LogP contribution in [0.5, 0.6) is 0 Å². The van der Waals surface area contributed by atoms with E-state index in [-0.39, 0.29) is 11.9 Å². The monoisotopic (exact) mass is 414 g/mol. The zero-order valence-electron chi connectivity index (χ0n) is 17.7. The third kappa shape index (κ3) is 4.88. The van der Waals surface area contributed by atoms with Crippen LogP contribution in [-0.2, 0) is 4.79 Å². The average molecular weight is 415 g/mol. The van der Waals surface area contributed by atoms with Crippen LogP contribution in [0.25, 0.3) is 16.9 Å². The smallest absolute Gasteiger partial charge is 0.225 e. The van der Waals surface area contributed by atoms with Crippen molar-refractivity contribution in [1.82, 2.24) is 19.5 Å². The molecule has 7 heteroatoms. The van der Waals surface area contributed by atoms with Crippen molar-refractivity contribution in [2.45, 2.75) is 39.2 Å². The molecule has 0 spiro atoms. The number of hydrogen-bond acceptors (Lipinski definition) is 5. The number of rotatable bonds is 8. The van der Waals surface area contributed by atoms with Gasteiger partial charge in [0.1, 0.15) is 12.1 Å². The maximum Gasteiger partial charge on any atom is 0.225 e. The zero-order chi connectivity index (χ0) is 21.6. The number of imidazole rings is 1. The number of carbonyl (C=O) groups is 1. The van der Waals surface area contributed by atoms with Gasteiger partial charge >= 0.3 is 0 Å². The number of nitrogens with zero attached hydrogens (tertiary/aromatic N) is 4. The van der Waals surface area contributed by atoms with Crippen LogP contribution < -0.4 is 10.6 Å². The fourth-order valence-corrected chi connectivity index (χ4v) is 3.41. The highest BCUT2D eigenvalue weighted by atomic mass is 16.1. The van der Waals surface area contributed by atoms with Gasteiger partial charge in [-0.25, -0.2) is 9.97 Å². The zero-order valence-corrected chi connectivity index (χ0v) is 17.7. The van der Waals surface area contributed by atoms with Crippen LogP contribution in [0.15, 0.2) is 67.1 Å². The number of anilines is 2. The van der Waals surface area contributed by atoms with Crippen molar-refractivity contribution in [3.05, 3.63) is 72.7 Å². The van der Waals surface area contributed by atoms with E-state index in [2.05, 4.69) is 51.6 Å². The number of hydrogen-bond donors (Lipinski definition) is 2. The van der Waals surface area contributed by atoms with Crippen LogP contribution in [0.3, 0.4) is 0 Å². The lowest BCUT2D eigenvalue weighted by Crippen LogP contribution is -2.11. The number of fused-ring (bicyclic) bond motifs is 1. The SMILES string of the molecule is CCCCC(=O)Nc1ccc2c(c1)ncn2-c1ccnc(N[C@@H](C)c2ccccc2)n1. The van der Waals surface area contributed by atoms with Gasteiger partial charge in [-0.1, -0.05) is 43.7 Å². The third-order valence-electron chi connectivity index (χ3n) is 5.12. The summed E-state index contributed by atoms with van der Waals surface area (Å²) in [6.45, 7) is 4.15. The van der Waals surface area contributed by atoms with Crippen molar-refractivity contribution in [3.63, 3.8) is 0 Å². The van der Waals surface area contributed by atoms with E-state index in [1.807, 2.05) is 47.0 Å². The lowest BCUT2D eigenvalue weighted by Gasteiger charge is -2.14. The van der Waals surface area contributed by atoms with Gasteiger partial charge in [-0.3, -0.25) is 9.36 Å². The summed E-state index contributed by atoms with van der Waals surface area (Å²) in [6.07, 6.45) is 5.88. The Hall–Kier alpha value is -3.74. The summed E-state index contributed by atoms with van der Waals surface area (Å²) >= 11 is 0. The molecule has 31 heavy (non-hydrogen) atoms. The van der Waals surface area contributed by atoms with Crippen LogP contribution in [0.2, 0.25) is 0 Å². The fourth-order valence-electron chi connectivity index (χ4n) is 3.41. The van der Waals surface area contributed by atoms with Gasteiger partial charge in [-0.2, -0.15) is 4.98 Å². The highest BCUT2D eigenvalue weighted by Crippen LogP contribution is 2.22. The highest BCUT2D eigenvalue weighted by Gasteiger charge is 2.11. The quantitative estimate of drug-likeness (QED) is 0.418. The summed E-state index contributed by atoms with van der Waals surface area (Å²) in [6, 6.07) is 17.8. The van der Waals surface area contributed by atoms with Gasteiger partial charge in [0.05, 0.1) is 17.1 Å². The molecule has 0 aliphatic carbocycles. The van der Waals surface area contributed by atoms with E-state index in [1.54, 1.807) is 12.5 Å². The molecular weight excluding hydrogens is 388 g/mol. The molecule has 0 radical (unpaired) electrons. The van der Waals surface area contributed by atoms with E-state index in [4.69, 9.17) is 0 Å². The Bertz CT molecular complexity index is 1170. The van der Waals surface area contributed by atoms with E-state index in [9.17, 15) is 4.79 Å². The summed E-state index contributed by atoms with van der Waals surface area (Å²) in [4.78, 5) is 25.5. The first-order valence-corrected chi connectivity index (χ1v) is 10.6. The Balaban J connectivity index is 1.53. The van der Waals surface area contributed by atoms with Gasteiger partial charge in [0.15, 0.2) is 0 Å². The minimum atomic E-state index is 0.0275.